The summed E-state index contributed by atoms with van der Waals surface area (Å²) in [6.45, 7) is 0. The molecule has 2 heterocycles. The minimum atomic E-state index is -4.51. The molecule has 0 atom stereocenters. The molecule has 4 nitrogen and oxygen atoms in total. The molecule has 0 aliphatic carbocycles. The number of benzene rings is 1. The molecule has 0 spiro atoms. The van der Waals surface area contributed by atoms with E-state index in [-0.39, 0.29) is 14.9 Å². The van der Waals surface area contributed by atoms with Gasteiger partial charge >= 0.3 is 6.18 Å². The maximum absolute atomic E-state index is 12.9. The number of hydrogen-bond acceptors (Lipinski definition) is 4. The van der Waals surface area contributed by atoms with Crippen molar-refractivity contribution in [2.24, 2.45) is 0 Å². The highest BCUT2D eigenvalue weighted by atomic mass is 32.2. The summed E-state index contributed by atoms with van der Waals surface area (Å²) in [6.07, 6.45) is -0.421. The standard InChI is InChI=1S/C16H9F3N2O2S2/c17-16(18,19)11-2-1-3-12(9-11)21-14(22)13(25-15(21)24)8-10-4-6-20(23)7-5-10/h1-9H/b13-8-. The number of aromatic nitrogens is 1. The monoisotopic (exact) mass is 382 g/mol. The van der Waals surface area contributed by atoms with Crippen molar-refractivity contribution in [1.82, 2.24) is 0 Å². The van der Waals surface area contributed by atoms with Crippen LogP contribution in [0.5, 0.6) is 0 Å². The molecule has 1 aliphatic heterocycles. The first-order valence-corrected chi connectivity index (χ1v) is 8.12. The zero-order chi connectivity index (χ0) is 18.2. The Kier molecular flexibility index (Phi) is 4.53. The van der Waals surface area contributed by atoms with E-state index in [2.05, 4.69) is 0 Å². The Hall–Kier alpha value is -2.39. The van der Waals surface area contributed by atoms with Crippen molar-refractivity contribution in [3.8, 4) is 0 Å². The van der Waals surface area contributed by atoms with Gasteiger partial charge < -0.3 is 5.21 Å². The van der Waals surface area contributed by atoms with Gasteiger partial charge in [-0.2, -0.15) is 17.9 Å². The Labute approximate surface area is 150 Å². The highest BCUT2D eigenvalue weighted by Crippen LogP contribution is 2.38. The molecule has 0 bridgehead atoms. The average molecular weight is 382 g/mol. The average Bonchev–Trinajstić information content (AvgIpc) is 2.83. The fourth-order valence-corrected chi connectivity index (χ4v) is 3.48. The lowest BCUT2D eigenvalue weighted by Crippen LogP contribution is -2.27. The van der Waals surface area contributed by atoms with Gasteiger partial charge in [0.15, 0.2) is 16.7 Å². The Morgan fingerprint density at radius 3 is 2.52 bits per heavy atom. The van der Waals surface area contributed by atoms with Crippen LogP contribution in [0, 0.1) is 5.21 Å². The Morgan fingerprint density at radius 2 is 1.88 bits per heavy atom. The molecule has 1 amide bonds. The number of halogens is 3. The van der Waals surface area contributed by atoms with Crippen LogP contribution in [0.1, 0.15) is 11.1 Å². The van der Waals surface area contributed by atoms with Gasteiger partial charge in [-0.15, -0.1) is 0 Å². The van der Waals surface area contributed by atoms with Crippen LogP contribution in [-0.4, -0.2) is 10.2 Å². The highest BCUT2D eigenvalue weighted by Gasteiger charge is 2.36. The minimum Gasteiger partial charge on any atom is -0.619 e. The highest BCUT2D eigenvalue weighted by molar-refractivity contribution is 8.27. The van der Waals surface area contributed by atoms with Gasteiger partial charge in [0.25, 0.3) is 5.91 Å². The first-order chi connectivity index (χ1) is 11.8. The number of alkyl halides is 3. The van der Waals surface area contributed by atoms with E-state index in [4.69, 9.17) is 12.2 Å². The van der Waals surface area contributed by atoms with Crippen molar-refractivity contribution in [3.63, 3.8) is 0 Å². The number of carbonyl (C=O) groups excluding carboxylic acids is 1. The van der Waals surface area contributed by atoms with Crippen LogP contribution in [0.3, 0.4) is 0 Å². The van der Waals surface area contributed by atoms with Crippen LogP contribution in [-0.2, 0) is 11.0 Å². The number of amides is 1. The predicted octanol–water partition coefficient (Wildman–Crippen LogP) is 3.74. The molecular weight excluding hydrogens is 373 g/mol. The topological polar surface area (TPSA) is 47.2 Å². The normalized spacial score (nSPS) is 16.8. The molecule has 1 fully saturated rings. The molecule has 3 rings (SSSR count). The van der Waals surface area contributed by atoms with Crippen LogP contribution in [0.25, 0.3) is 6.08 Å². The molecular formula is C16H9F3N2O2S2. The molecule has 25 heavy (non-hydrogen) atoms. The molecule has 9 heteroatoms. The maximum atomic E-state index is 12.9. The quantitative estimate of drug-likeness (QED) is 0.344. The molecule has 0 unspecified atom stereocenters. The number of carbonyl (C=O) groups is 1. The molecule has 0 radical (unpaired) electrons. The van der Waals surface area contributed by atoms with Gasteiger partial charge in [-0.1, -0.05) is 30.0 Å². The van der Waals surface area contributed by atoms with Gasteiger partial charge in [-0.25, -0.2) is 0 Å². The summed E-state index contributed by atoms with van der Waals surface area (Å²) in [5, 5.41) is 11.0. The molecule has 1 aromatic heterocycles. The maximum Gasteiger partial charge on any atom is 0.416 e. The van der Waals surface area contributed by atoms with Gasteiger partial charge in [0, 0.05) is 12.1 Å². The van der Waals surface area contributed by atoms with Gasteiger partial charge in [0.1, 0.15) is 0 Å². The minimum absolute atomic E-state index is 0.0613. The lowest BCUT2D eigenvalue weighted by molar-refractivity contribution is -0.605. The lowest BCUT2D eigenvalue weighted by Gasteiger charge is -2.16. The Morgan fingerprint density at radius 1 is 1.20 bits per heavy atom. The molecule has 2 aromatic rings. The fraction of sp³-hybridized carbons (Fsp3) is 0.0625. The van der Waals surface area contributed by atoms with Crippen molar-refractivity contribution in [3.05, 3.63) is 70.0 Å². The van der Waals surface area contributed by atoms with E-state index in [1.807, 2.05) is 0 Å². The van der Waals surface area contributed by atoms with Crippen molar-refractivity contribution < 1.29 is 22.7 Å². The fourth-order valence-electron chi connectivity index (χ4n) is 2.18. The number of hydrogen-bond donors (Lipinski definition) is 0. The Balaban J connectivity index is 1.93. The molecule has 1 aliphatic rings. The number of rotatable bonds is 2. The number of thiocarbonyl (C=S) groups is 1. The van der Waals surface area contributed by atoms with E-state index in [0.717, 1.165) is 28.8 Å². The molecule has 128 valence electrons. The Bertz CT molecular complexity index is 880. The van der Waals surface area contributed by atoms with Crippen molar-refractivity contribution in [2.45, 2.75) is 6.18 Å². The second-order valence-corrected chi connectivity index (χ2v) is 6.73. The predicted molar refractivity (Wildman–Crippen MR) is 92.5 cm³/mol. The molecule has 1 saturated heterocycles. The van der Waals surface area contributed by atoms with E-state index in [1.54, 1.807) is 0 Å². The van der Waals surface area contributed by atoms with E-state index in [9.17, 15) is 23.2 Å². The zero-order valence-electron chi connectivity index (χ0n) is 12.4. The first-order valence-electron chi connectivity index (χ1n) is 6.90. The van der Waals surface area contributed by atoms with Gasteiger partial charge in [0.2, 0.25) is 0 Å². The third kappa shape index (κ3) is 3.67. The summed E-state index contributed by atoms with van der Waals surface area (Å²) in [4.78, 5) is 13.9. The van der Waals surface area contributed by atoms with Crippen molar-refractivity contribution in [2.75, 3.05) is 4.90 Å². The first kappa shape index (κ1) is 17.4. The zero-order valence-corrected chi connectivity index (χ0v) is 14.0. The number of nitrogens with zero attached hydrogens (tertiary/aromatic N) is 2. The summed E-state index contributed by atoms with van der Waals surface area (Å²) in [6, 6.07) is 7.47. The molecule has 0 saturated carbocycles. The van der Waals surface area contributed by atoms with E-state index in [1.165, 1.54) is 42.7 Å². The van der Waals surface area contributed by atoms with Gasteiger partial charge in [0.05, 0.1) is 16.2 Å². The van der Waals surface area contributed by atoms with Crippen LogP contribution < -0.4 is 9.63 Å². The number of thioether (sulfide) groups is 1. The molecule has 0 N–H and O–H groups in total. The second-order valence-electron chi connectivity index (χ2n) is 5.06. The third-order valence-corrected chi connectivity index (χ3v) is 4.65. The van der Waals surface area contributed by atoms with Crippen molar-refractivity contribution >= 4 is 46.0 Å². The number of pyridine rings is 1. The summed E-state index contributed by atoms with van der Waals surface area (Å²) < 4.78 is 39.3. The SMILES string of the molecule is O=C1/C(=C/c2cc[n+]([O-])cc2)SC(=S)N1c1cccc(C(F)(F)F)c1. The summed E-state index contributed by atoms with van der Waals surface area (Å²) >= 11 is 6.13. The van der Waals surface area contributed by atoms with Crippen LogP contribution in [0.4, 0.5) is 18.9 Å². The van der Waals surface area contributed by atoms with Crippen LogP contribution >= 0.6 is 24.0 Å². The second kappa shape index (κ2) is 6.49. The summed E-state index contributed by atoms with van der Waals surface area (Å²) in [5.74, 6) is -0.506. The summed E-state index contributed by atoms with van der Waals surface area (Å²) in [7, 11) is 0. The van der Waals surface area contributed by atoms with E-state index in [0.29, 0.717) is 10.3 Å². The number of anilines is 1. The van der Waals surface area contributed by atoms with E-state index < -0.39 is 17.6 Å². The lowest BCUT2D eigenvalue weighted by atomic mass is 10.2. The van der Waals surface area contributed by atoms with Crippen LogP contribution in [0.2, 0.25) is 0 Å². The van der Waals surface area contributed by atoms with Gasteiger partial charge in [-0.05, 0) is 29.8 Å². The third-order valence-electron chi connectivity index (χ3n) is 3.35. The largest absolute Gasteiger partial charge is 0.619 e. The van der Waals surface area contributed by atoms with Crippen LogP contribution in [0.15, 0.2) is 53.7 Å². The van der Waals surface area contributed by atoms with Gasteiger partial charge in [-0.3, -0.25) is 9.69 Å². The van der Waals surface area contributed by atoms with Crippen molar-refractivity contribution in [1.29, 1.82) is 0 Å². The summed E-state index contributed by atoms with van der Waals surface area (Å²) in [5.41, 5.74) is -0.186. The smallest absolute Gasteiger partial charge is 0.416 e. The van der Waals surface area contributed by atoms with E-state index >= 15 is 0 Å². The molecule has 1 aromatic carbocycles.